The van der Waals surface area contributed by atoms with Crippen LogP contribution < -0.4 is 0 Å². The smallest absolute Gasteiger partial charge is 0.234 e. The normalized spacial score (nSPS) is 13.5. The number of Topliss-reactive ketones (excluding diaryl/α,β-unsaturated/α-hetero) is 2. The lowest BCUT2D eigenvalue weighted by atomic mass is 9.80. The molecule has 1 aliphatic carbocycles. The largest absolute Gasteiger partial charge is 0.285 e. The predicted octanol–water partition coefficient (Wildman–Crippen LogP) is 4.98. The molecule has 2 nitrogen and oxygen atoms in total. The summed E-state index contributed by atoms with van der Waals surface area (Å²) < 4.78 is 0. The summed E-state index contributed by atoms with van der Waals surface area (Å²) >= 11 is 0. The second-order valence-corrected chi connectivity index (χ2v) is 6.58. The van der Waals surface area contributed by atoms with Gasteiger partial charge in [-0.2, -0.15) is 0 Å². The topological polar surface area (TPSA) is 34.1 Å². The SMILES string of the molecule is CC(C)c1ccc2c(c1)-c1cc(C(C)C)ccc1C(=O)C2=O. The van der Waals surface area contributed by atoms with Crippen molar-refractivity contribution < 1.29 is 9.59 Å². The van der Waals surface area contributed by atoms with Gasteiger partial charge in [-0.1, -0.05) is 52.0 Å². The second kappa shape index (κ2) is 5.20. The van der Waals surface area contributed by atoms with E-state index in [0.29, 0.717) is 23.0 Å². The van der Waals surface area contributed by atoms with Gasteiger partial charge in [-0.3, -0.25) is 9.59 Å². The molecule has 0 N–H and O–H groups in total. The summed E-state index contributed by atoms with van der Waals surface area (Å²) in [5, 5.41) is 0. The summed E-state index contributed by atoms with van der Waals surface area (Å²) in [5.74, 6) is -0.0188. The number of hydrogen-bond donors (Lipinski definition) is 0. The van der Waals surface area contributed by atoms with Crippen LogP contribution in [0, 0.1) is 0 Å². The van der Waals surface area contributed by atoms with Crippen LogP contribution in [0.5, 0.6) is 0 Å². The van der Waals surface area contributed by atoms with Crippen molar-refractivity contribution in [2.75, 3.05) is 0 Å². The summed E-state index contributed by atoms with van der Waals surface area (Å²) in [6.45, 7) is 8.51. The lowest BCUT2D eigenvalue weighted by Crippen LogP contribution is -2.21. The quantitative estimate of drug-likeness (QED) is 0.732. The van der Waals surface area contributed by atoms with Crippen LogP contribution in [0.25, 0.3) is 11.1 Å². The molecule has 0 bridgehead atoms. The van der Waals surface area contributed by atoms with Crippen LogP contribution in [-0.4, -0.2) is 11.6 Å². The van der Waals surface area contributed by atoms with Gasteiger partial charge in [-0.15, -0.1) is 0 Å². The Morgan fingerprint density at radius 1 is 0.591 bits per heavy atom. The fourth-order valence-electron chi connectivity index (χ4n) is 2.93. The van der Waals surface area contributed by atoms with Crippen molar-refractivity contribution in [3.05, 3.63) is 58.7 Å². The summed E-state index contributed by atoms with van der Waals surface area (Å²) in [5.41, 5.74) is 5.22. The van der Waals surface area contributed by atoms with E-state index in [9.17, 15) is 9.59 Å². The molecule has 0 saturated heterocycles. The van der Waals surface area contributed by atoms with Crippen molar-refractivity contribution in [3.63, 3.8) is 0 Å². The van der Waals surface area contributed by atoms with Gasteiger partial charge in [0.05, 0.1) is 0 Å². The Labute approximate surface area is 131 Å². The molecule has 0 fully saturated rings. The Kier molecular flexibility index (Phi) is 3.48. The molecule has 0 aromatic heterocycles. The van der Waals surface area contributed by atoms with E-state index in [-0.39, 0.29) is 0 Å². The highest BCUT2D eigenvalue weighted by molar-refractivity contribution is 6.53. The van der Waals surface area contributed by atoms with Crippen molar-refractivity contribution in [2.45, 2.75) is 39.5 Å². The van der Waals surface area contributed by atoms with E-state index in [1.807, 2.05) is 12.1 Å². The number of ketones is 2. The maximum Gasteiger partial charge on any atom is 0.234 e. The Morgan fingerprint density at radius 3 is 1.27 bits per heavy atom. The first kappa shape index (κ1) is 14.7. The minimum atomic E-state index is -0.393. The van der Waals surface area contributed by atoms with Crippen molar-refractivity contribution >= 4 is 11.6 Å². The van der Waals surface area contributed by atoms with Gasteiger partial charge >= 0.3 is 0 Å². The van der Waals surface area contributed by atoms with Crippen LogP contribution in [0.2, 0.25) is 0 Å². The minimum Gasteiger partial charge on any atom is -0.285 e. The second-order valence-electron chi connectivity index (χ2n) is 6.58. The fourth-order valence-corrected chi connectivity index (χ4v) is 2.93. The van der Waals surface area contributed by atoms with Gasteiger partial charge in [0, 0.05) is 11.1 Å². The molecule has 0 saturated carbocycles. The average molecular weight is 292 g/mol. The molecule has 0 spiro atoms. The van der Waals surface area contributed by atoms with Crippen LogP contribution >= 0.6 is 0 Å². The van der Waals surface area contributed by atoms with E-state index in [4.69, 9.17) is 0 Å². The lowest BCUT2D eigenvalue weighted by Gasteiger charge is -2.21. The zero-order valence-corrected chi connectivity index (χ0v) is 13.4. The number of benzene rings is 2. The highest BCUT2D eigenvalue weighted by Crippen LogP contribution is 2.37. The molecule has 1 aliphatic rings. The maximum absolute atomic E-state index is 12.3. The summed E-state index contributed by atoms with van der Waals surface area (Å²) in [7, 11) is 0. The molecule has 22 heavy (non-hydrogen) atoms. The molecule has 0 amide bonds. The third-order valence-electron chi connectivity index (χ3n) is 4.41. The van der Waals surface area contributed by atoms with Crippen LogP contribution in [-0.2, 0) is 0 Å². The van der Waals surface area contributed by atoms with Gasteiger partial charge in [-0.25, -0.2) is 0 Å². The number of carbonyl (C=O) groups excluding carboxylic acids is 2. The van der Waals surface area contributed by atoms with Crippen LogP contribution in [0.15, 0.2) is 36.4 Å². The van der Waals surface area contributed by atoms with Gasteiger partial charge in [0.1, 0.15) is 0 Å². The first-order valence-corrected chi connectivity index (χ1v) is 7.77. The van der Waals surface area contributed by atoms with Crippen LogP contribution in [0.1, 0.15) is 71.4 Å². The van der Waals surface area contributed by atoms with E-state index in [0.717, 1.165) is 11.1 Å². The summed E-state index contributed by atoms with van der Waals surface area (Å²) in [4.78, 5) is 24.7. The van der Waals surface area contributed by atoms with Crippen LogP contribution in [0.4, 0.5) is 0 Å². The van der Waals surface area contributed by atoms with Crippen molar-refractivity contribution in [3.8, 4) is 11.1 Å². The van der Waals surface area contributed by atoms with E-state index >= 15 is 0 Å². The molecule has 2 aromatic carbocycles. The molecule has 0 heterocycles. The number of carbonyl (C=O) groups is 2. The Morgan fingerprint density at radius 2 is 0.955 bits per heavy atom. The fraction of sp³-hybridized carbons (Fsp3) is 0.300. The molecule has 2 aromatic rings. The number of rotatable bonds is 2. The van der Waals surface area contributed by atoms with Crippen molar-refractivity contribution in [2.24, 2.45) is 0 Å². The van der Waals surface area contributed by atoms with E-state index in [1.54, 1.807) is 12.1 Å². The first-order chi connectivity index (χ1) is 10.4. The first-order valence-electron chi connectivity index (χ1n) is 7.77. The van der Waals surface area contributed by atoms with Gasteiger partial charge in [0.2, 0.25) is 11.6 Å². The van der Waals surface area contributed by atoms with Crippen LogP contribution in [0.3, 0.4) is 0 Å². The van der Waals surface area contributed by atoms with Gasteiger partial charge in [0.15, 0.2) is 0 Å². The molecule has 0 aliphatic heterocycles. The zero-order chi connectivity index (χ0) is 16.0. The summed E-state index contributed by atoms with van der Waals surface area (Å²) in [6.07, 6.45) is 0. The van der Waals surface area contributed by atoms with Gasteiger partial charge in [0.25, 0.3) is 0 Å². The highest BCUT2D eigenvalue weighted by Gasteiger charge is 2.30. The standard InChI is InChI=1S/C20H20O2/c1-11(2)13-5-7-15-17(9-13)18-10-14(12(3)4)6-8-16(18)20(22)19(15)21/h5-12H,1-4H3. The Bertz CT molecular complexity index is 715. The summed E-state index contributed by atoms with van der Waals surface area (Å²) in [6, 6.07) is 11.6. The average Bonchev–Trinajstić information content (AvgIpc) is 2.51. The monoisotopic (exact) mass is 292 g/mol. The zero-order valence-electron chi connectivity index (χ0n) is 13.4. The van der Waals surface area contributed by atoms with E-state index in [2.05, 4.69) is 39.8 Å². The number of fused-ring (bicyclic) bond motifs is 3. The highest BCUT2D eigenvalue weighted by atomic mass is 16.2. The van der Waals surface area contributed by atoms with Gasteiger partial charge < -0.3 is 0 Å². The number of hydrogen-bond acceptors (Lipinski definition) is 2. The third-order valence-corrected chi connectivity index (χ3v) is 4.41. The van der Waals surface area contributed by atoms with Crippen molar-refractivity contribution in [1.82, 2.24) is 0 Å². The van der Waals surface area contributed by atoms with Crippen molar-refractivity contribution in [1.29, 1.82) is 0 Å². The molecule has 112 valence electrons. The molecule has 2 heteroatoms. The molecule has 3 rings (SSSR count). The third kappa shape index (κ3) is 2.19. The molecular weight excluding hydrogens is 272 g/mol. The molecule has 0 unspecified atom stereocenters. The lowest BCUT2D eigenvalue weighted by molar-refractivity contribution is 0.0815. The Hall–Kier alpha value is -2.22. The Balaban J connectivity index is 2.30. The van der Waals surface area contributed by atoms with E-state index < -0.39 is 11.6 Å². The van der Waals surface area contributed by atoms with Gasteiger partial charge in [-0.05, 0) is 46.2 Å². The minimum absolute atomic E-state index is 0.384. The molecule has 0 radical (unpaired) electrons. The predicted molar refractivity (Wildman–Crippen MR) is 88.7 cm³/mol. The molecule has 0 atom stereocenters. The molecular formula is C20H20O2. The maximum atomic E-state index is 12.3. The van der Waals surface area contributed by atoms with E-state index in [1.165, 1.54) is 11.1 Å².